The molecule has 7 heteroatoms. The van der Waals surface area contributed by atoms with E-state index in [9.17, 15) is 14.4 Å². The largest absolute Gasteiger partial charge is 0.312 e. The van der Waals surface area contributed by atoms with Crippen LogP contribution in [0.15, 0.2) is 12.1 Å². The van der Waals surface area contributed by atoms with E-state index in [1.165, 1.54) is 0 Å². The summed E-state index contributed by atoms with van der Waals surface area (Å²) in [6.45, 7) is 1.62. The van der Waals surface area contributed by atoms with E-state index in [4.69, 9.17) is 0 Å². The van der Waals surface area contributed by atoms with E-state index in [0.29, 0.717) is 5.56 Å². The lowest BCUT2D eigenvalue weighted by molar-refractivity contribution is -0.154. The summed E-state index contributed by atoms with van der Waals surface area (Å²) in [7, 11) is 0. The van der Waals surface area contributed by atoms with Crippen molar-refractivity contribution < 1.29 is 18.8 Å². The normalized spacial score (nSPS) is 26.8. The number of hydrogen-bond donors (Lipinski definition) is 2. The molecule has 0 aliphatic carbocycles. The van der Waals surface area contributed by atoms with E-state index in [0.717, 1.165) is 41.1 Å². The highest BCUT2D eigenvalue weighted by Gasteiger charge is 2.53. The molecule has 1 atom stereocenters. The Labute approximate surface area is 132 Å². The molecule has 0 aromatic heterocycles. The molecule has 3 aliphatic rings. The maximum Gasteiger partial charge on any atom is 0.285 e. The molecule has 6 nitrogen and oxygen atoms in total. The summed E-state index contributed by atoms with van der Waals surface area (Å²) in [5.74, 6) is -4.47. The van der Waals surface area contributed by atoms with Crippen LogP contribution in [0.5, 0.6) is 0 Å². The quantitative estimate of drug-likeness (QED) is 0.580. The molecular formula is C16H16FN3O3. The van der Waals surface area contributed by atoms with Gasteiger partial charge >= 0.3 is 0 Å². The molecule has 0 saturated carbocycles. The van der Waals surface area contributed by atoms with Gasteiger partial charge in [-0.15, -0.1) is 0 Å². The number of nitrogens with zero attached hydrogens (tertiary/aromatic N) is 1. The number of nitrogens with one attached hydrogen (secondary N) is 2. The minimum Gasteiger partial charge on any atom is -0.312 e. The Kier molecular flexibility index (Phi) is 3.02. The predicted octanol–water partition coefficient (Wildman–Crippen LogP) is 0.390. The molecule has 1 unspecified atom stereocenters. The highest BCUT2D eigenvalue weighted by Crippen LogP contribution is 2.37. The van der Waals surface area contributed by atoms with Gasteiger partial charge in [-0.1, -0.05) is 6.07 Å². The number of piperidine rings is 1. The Balaban J connectivity index is 1.72. The van der Waals surface area contributed by atoms with E-state index in [2.05, 4.69) is 5.32 Å². The molecule has 120 valence electrons. The van der Waals surface area contributed by atoms with Gasteiger partial charge in [0, 0.05) is 24.9 Å². The monoisotopic (exact) mass is 317 g/mol. The molecular weight excluding hydrogens is 301 g/mol. The number of amides is 3. The number of fused-ring (bicyclic) bond motifs is 3. The molecule has 4 rings (SSSR count). The lowest BCUT2D eigenvalue weighted by atomic mass is 9.93. The Hall–Kier alpha value is -2.28. The molecule has 1 aromatic carbocycles. The summed E-state index contributed by atoms with van der Waals surface area (Å²) in [6, 6.07) is 3.59. The van der Waals surface area contributed by atoms with E-state index in [1.54, 1.807) is 6.07 Å². The van der Waals surface area contributed by atoms with Crippen molar-refractivity contribution in [3.63, 3.8) is 0 Å². The fourth-order valence-electron chi connectivity index (χ4n) is 3.63. The second kappa shape index (κ2) is 4.86. The van der Waals surface area contributed by atoms with Crippen LogP contribution in [0.1, 0.15) is 39.9 Å². The molecule has 3 aliphatic heterocycles. The molecule has 0 bridgehead atoms. The van der Waals surface area contributed by atoms with Crippen molar-refractivity contribution in [2.75, 3.05) is 6.54 Å². The standard InChI is InChI=1S/C16H16FN3O3/c17-16(5-3-13(21)19-15(16)23)20-8-12-10-4-6-18-7-9(10)1-2-11(12)14(20)22/h1-2,18H,3-8H2,(H,19,21,23). The summed E-state index contributed by atoms with van der Waals surface area (Å²) in [5, 5.41) is 5.26. The molecule has 1 saturated heterocycles. The number of alkyl halides is 1. The van der Waals surface area contributed by atoms with Crippen LogP contribution in [-0.2, 0) is 29.1 Å². The second-order valence-electron chi connectivity index (χ2n) is 6.18. The van der Waals surface area contributed by atoms with Crippen molar-refractivity contribution in [3.8, 4) is 0 Å². The summed E-state index contributed by atoms with van der Waals surface area (Å²) < 4.78 is 15.2. The lowest BCUT2D eigenvalue weighted by Crippen LogP contribution is -2.60. The van der Waals surface area contributed by atoms with Crippen LogP contribution in [0.25, 0.3) is 0 Å². The summed E-state index contributed by atoms with van der Waals surface area (Å²) in [6.07, 6.45) is 0.384. The van der Waals surface area contributed by atoms with Gasteiger partial charge in [-0.2, -0.15) is 0 Å². The van der Waals surface area contributed by atoms with Gasteiger partial charge in [0.15, 0.2) is 0 Å². The third kappa shape index (κ3) is 1.99. The molecule has 3 amide bonds. The van der Waals surface area contributed by atoms with Gasteiger partial charge in [-0.05, 0) is 35.7 Å². The van der Waals surface area contributed by atoms with Gasteiger partial charge in [0.05, 0.1) is 6.54 Å². The summed E-state index contributed by atoms with van der Waals surface area (Å²) in [5.41, 5.74) is 3.47. The van der Waals surface area contributed by atoms with Crippen LogP contribution in [-0.4, -0.2) is 35.0 Å². The van der Waals surface area contributed by atoms with Crippen LogP contribution in [0, 0.1) is 0 Å². The topological polar surface area (TPSA) is 78.5 Å². The zero-order chi connectivity index (χ0) is 16.2. The van der Waals surface area contributed by atoms with Crippen LogP contribution in [0.2, 0.25) is 0 Å². The Bertz CT molecular complexity index is 748. The van der Waals surface area contributed by atoms with Crippen molar-refractivity contribution in [3.05, 3.63) is 34.4 Å². The van der Waals surface area contributed by atoms with Crippen LogP contribution in [0.3, 0.4) is 0 Å². The van der Waals surface area contributed by atoms with E-state index >= 15 is 4.39 Å². The third-order valence-corrected chi connectivity index (χ3v) is 4.90. The van der Waals surface area contributed by atoms with Gasteiger partial charge in [0.2, 0.25) is 5.91 Å². The van der Waals surface area contributed by atoms with Crippen LogP contribution in [0.4, 0.5) is 4.39 Å². The number of benzene rings is 1. The van der Waals surface area contributed by atoms with Gasteiger partial charge in [0.1, 0.15) is 0 Å². The number of carbonyl (C=O) groups is 3. The van der Waals surface area contributed by atoms with Gasteiger partial charge in [-0.3, -0.25) is 24.6 Å². The molecule has 3 heterocycles. The number of halogens is 1. The van der Waals surface area contributed by atoms with E-state index < -0.39 is 23.5 Å². The zero-order valence-corrected chi connectivity index (χ0v) is 12.4. The number of hydrogen-bond acceptors (Lipinski definition) is 4. The summed E-state index contributed by atoms with van der Waals surface area (Å²) >= 11 is 0. The Morgan fingerprint density at radius 1 is 1.13 bits per heavy atom. The Morgan fingerprint density at radius 2 is 1.96 bits per heavy atom. The zero-order valence-electron chi connectivity index (χ0n) is 12.4. The average Bonchev–Trinajstić information content (AvgIpc) is 2.89. The first-order chi connectivity index (χ1) is 11.0. The highest BCUT2D eigenvalue weighted by atomic mass is 19.1. The number of rotatable bonds is 1. The highest BCUT2D eigenvalue weighted by molar-refractivity contribution is 6.07. The average molecular weight is 317 g/mol. The van der Waals surface area contributed by atoms with Gasteiger partial charge < -0.3 is 5.32 Å². The lowest BCUT2D eigenvalue weighted by Gasteiger charge is -2.35. The van der Waals surface area contributed by atoms with Crippen LogP contribution >= 0.6 is 0 Å². The van der Waals surface area contributed by atoms with E-state index in [1.807, 2.05) is 11.4 Å². The second-order valence-corrected chi connectivity index (χ2v) is 6.18. The van der Waals surface area contributed by atoms with Gasteiger partial charge in [0.25, 0.3) is 17.6 Å². The molecule has 1 fully saturated rings. The molecule has 0 radical (unpaired) electrons. The first-order valence-corrected chi connectivity index (χ1v) is 7.70. The van der Waals surface area contributed by atoms with Crippen molar-refractivity contribution >= 4 is 17.7 Å². The molecule has 23 heavy (non-hydrogen) atoms. The first kappa shape index (κ1) is 14.3. The maximum absolute atomic E-state index is 15.2. The fraction of sp³-hybridized carbons (Fsp3) is 0.438. The van der Waals surface area contributed by atoms with E-state index in [-0.39, 0.29) is 19.4 Å². The van der Waals surface area contributed by atoms with Crippen molar-refractivity contribution in [2.24, 2.45) is 0 Å². The smallest absolute Gasteiger partial charge is 0.285 e. The number of carbonyl (C=O) groups excluding carboxylic acids is 3. The Morgan fingerprint density at radius 3 is 2.74 bits per heavy atom. The van der Waals surface area contributed by atoms with Crippen molar-refractivity contribution in [1.82, 2.24) is 15.5 Å². The predicted molar refractivity (Wildman–Crippen MR) is 77.9 cm³/mol. The summed E-state index contributed by atoms with van der Waals surface area (Å²) in [4.78, 5) is 36.8. The van der Waals surface area contributed by atoms with Crippen LogP contribution < -0.4 is 10.6 Å². The SMILES string of the molecule is O=C1CCC(F)(N2Cc3c(ccc4c3CCNC4)C2=O)C(=O)N1. The van der Waals surface area contributed by atoms with Crippen molar-refractivity contribution in [2.45, 2.75) is 38.1 Å². The minimum absolute atomic E-state index is 0.0788. The van der Waals surface area contributed by atoms with Crippen molar-refractivity contribution in [1.29, 1.82) is 0 Å². The molecule has 1 aromatic rings. The molecule has 2 N–H and O–H groups in total. The maximum atomic E-state index is 15.2. The first-order valence-electron chi connectivity index (χ1n) is 7.70. The van der Waals surface area contributed by atoms with Gasteiger partial charge in [-0.25, -0.2) is 4.39 Å². The third-order valence-electron chi connectivity index (χ3n) is 4.90. The minimum atomic E-state index is -2.45. The molecule has 0 spiro atoms. The fourth-order valence-corrected chi connectivity index (χ4v) is 3.63. The number of imide groups is 1.